The summed E-state index contributed by atoms with van der Waals surface area (Å²) in [6.45, 7) is 0. The fourth-order valence-corrected chi connectivity index (χ4v) is 2.52. The number of aryl methyl sites for hydroxylation is 1. The zero-order valence-electron chi connectivity index (χ0n) is 9.76. The summed E-state index contributed by atoms with van der Waals surface area (Å²) in [5, 5.41) is 4.17. The Hall–Kier alpha value is -1.63. The molecule has 0 unspecified atom stereocenters. The summed E-state index contributed by atoms with van der Waals surface area (Å²) in [6.07, 6.45) is 0. The van der Waals surface area contributed by atoms with Gasteiger partial charge in [0.1, 0.15) is 5.52 Å². The molecule has 0 saturated heterocycles. The summed E-state index contributed by atoms with van der Waals surface area (Å²) >= 11 is 2.29. The van der Waals surface area contributed by atoms with Gasteiger partial charge in [-0.3, -0.25) is 4.68 Å². The summed E-state index contributed by atoms with van der Waals surface area (Å²) < 4.78 is 2.93. The second-order valence-electron chi connectivity index (χ2n) is 4.08. The van der Waals surface area contributed by atoms with E-state index >= 15 is 0 Å². The van der Waals surface area contributed by atoms with Crippen LogP contribution in [0.1, 0.15) is 0 Å². The highest BCUT2D eigenvalue weighted by Gasteiger charge is 2.09. The smallest absolute Gasteiger partial charge is 0.172 e. The lowest BCUT2D eigenvalue weighted by atomic mass is 10.1. The fraction of sp³-hybridized carbons (Fsp3) is 0.0769. The molecule has 2 N–H and O–H groups in total. The maximum Gasteiger partial charge on any atom is 0.172 e. The van der Waals surface area contributed by atoms with Crippen molar-refractivity contribution in [2.75, 3.05) is 5.73 Å². The molecule has 0 aliphatic carbocycles. The number of hydrogen-bond acceptors (Lipinski definition) is 3. The van der Waals surface area contributed by atoms with Crippen LogP contribution in [0.3, 0.4) is 0 Å². The number of aromatic nitrogens is 3. The molecule has 0 radical (unpaired) electrons. The number of nitrogens with zero attached hydrogens (tertiary/aromatic N) is 3. The first-order chi connectivity index (χ1) is 8.65. The van der Waals surface area contributed by atoms with Crippen molar-refractivity contribution in [2.24, 2.45) is 7.05 Å². The van der Waals surface area contributed by atoms with Crippen LogP contribution < -0.4 is 5.73 Å². The van der Waals surface area contributed by atoms with E-state index in [4.69, 9.17) is 5.73 Å². The highest BCUT2D eigenvalue weighted by molar-refractivity contribution is 14.1. The van der Waals surface area contributed by atoms with E-state index in [1.165, 1.54) is 3.57 Å². The number of rotatable bonds is 1. The number of nitrogens with two attached hydrogens (primary N) is 1. The van der Waals surface area contributed by atoms with E-state index in [2.05, 4.69) is 44.8 Å². The Balaban J connectivity index is 2.22. The molecule has 2 heterocycles. The molecule has 0 aliphatic rings. The summed E-state index contributed by atoms with van der Waals surface area (Å²) in [7, 11) is 1.87. The summed E-state index contributed by atoms with van der Waals surface area (Å²) in [5.74, 6) is 0.472. The monoisotopic (exact) mass is 350 g/mol. The number of nitrogen functional groups attached to an aromatic ring is 1. The van der Waals surface area contributed by atoms with Gasteiger partial charge in [-0.2, -0.15) is 5.10 Å². The molecule has 90 valence electrons. The second kappa shape index (κ2) is 4.24. The van der Waals surface area contributed by atoms with Gasteiger partial charge in [-0.25, -0.2) is 4.98 Å². The summed E-state index contributed by atoms with van der Waals surface area (Å²) in [5.41, 5.74) is 9.57. The van der Waals surface area contributed by atoms with Crippen LogP contribution in [0.2, 0.25) is 0 Å². The Morgan fingerprint density at radius 1 is 1.22 bits per heavy atom. The molecule has 1 aromatic carbocycles. The number of pyridine rings is 1. The van der Waals surface area contributed by atoms with E-state index in [0.29, 0.717) is 5.82 Å². The van der Waals surface area contributed by atoms with Crippen molar-refractivity contribution in [2.45, 2.75) is 0 Å². The Bertz CT molecular complexity index is 733. The quantitative estimate of drug-likeness (QED) is 0.687. The molecular formula is C13H11IN4. The lowest BCUT2D eigenvalue weighted by molar-refractivity contribution is 0.802. The van der Waals surface area contributed by atoms with Gasteiger partial charge >= 0.3 is 0 Å². The standard InChI is InChI=1S/C13H11IN4/c1-18-11-6-5-10(16-12(11)13(15)17-18)8-3-2-4-9(14)7-8/h2-7H,1H3,(H2,15,17). The molecule has 0 amide bonds. The van der Waals surface area contributed by atoms with Gasteiger partial charge < -0.3 is 5.73 Å². The number of anilines is 1. The van der Waals surface area contributed by atoms with Gasteiger partial charge in [0.2, 0.25) is 0 Å². The van der Waals surface area contributed by atoms with E-state index in [0.717, 1.165) is 22.3 Å². The van der Waals surface area contributed by atoms with Crippen molar-refractivity contribution in [3.8, 4) is 11.3 Å². The number of hydrogen-bond donors (Lipinski definition) is 1. The zero-order valence-corrected chi connectivity index (χ0v) is 11.9. The fourth-order valence-electron chi connectivity index (χ4n) is 1.97. The van der Waals surface area contributed by atoms with Crippen molar-refractivity contribution in [1.82, 2.24) is 14.8 Å². The highest BCUT2D eigenvalue weighted by atomic mass is 127. The average Bonchev–Trinajstić information content (AvgIpc) is 2.65. The molecule has 0 atom stereocenters. The normalized spacial score (nSPS) is 11.0. The second-order valence-corrected chi connectivity index (χ2v) is 5.33. The minimum atomic E-state index is 0.472. The minimum absolute atomic E-state index is 0.472. The first-order valence-electron chi connectivity index (χ1n) is 5.50. The van der Waals surface area contributed by atoms with E-state index in [9.17, 15) is 0 Å². The molecule has 0 saturated carbocycles. The largest absolute Gasteiger partial charge is 0.380 e. The summed E-state index contributed by atoms with van der Waals surface area (Å²) in [6, 6.07) is 12.2. The molecule has 0 aliphatic heterocycles. The van der Waals surface area contributed by atoms with Crippen LogP contribution in [0.25, 0.3) is 22.3 Å². The molecule has 3 rings (SSSR count). The van der Waals surface area contributed by atoms with E-state index in [1.807, 2.05) is 31.3 Å². The molecule has 18 heavy (non-hydrogen) atoms. The molecule has 5 heteroatoms. The van der Waals surface area contributed by atoms with Crippen LogP contribution in [-0.4, -0.2) is 14.8 Å². The molecule has 0 fully saturated rings. The van der Waals surface area contributed by atoms with Crippen LogP contribution in [0.5, 0.6) is 0 Å². The maximum atomic E-state index is 5.86. The van der Waals surface area contributed by atoms with E-state index in [-0.39, 0.29) is 0 Å². The third-order valence-corrected chi connectivity index (χ3v) is 3.51. The zero-order chi connectivity index (χ0) is 12.7. The van der Waals surface area contributed by atoms with Crippen molar-refractivity contribution < 1.29 is 0 Å². The molecule has 4 nitrogen and oxygen atoms in total. The van der Waals surface area contributed by atoms with E-state index < -0.39 is 0 Å². The van der Waals surface area contributed by atoms with Gasteiger partial charge in [0.05, 0.1) is 11.2 Å². The van der Waals surface area contributed by atoms with Gasteiger partial charge in [0, 0.05) is 16.2 Å². The lowest BCUT2D eigenvalue weighted by Gasteiger charge is -2.02. The van der Waals surface area contributed by atoms with Crippen LogP contribution in [0.15, 0.2) is 36.4 Å². The Labute approximate surface area is 118 Å². The van der Waals surface area contributed by atoms with Crippen LogP contribution in [0.4, 0.5) is 5.82 Å². The van der Waals surface area contributed by atoms with Crippen LogP contribution in [0, 0.1) is 3.57 Å². The Morgan fingerprint density at radius 3 is 2.83 bits per heavy atom. The number of fused-ring (bicyclic) bond motifs is 1. The SMILES string of the molecule is Cn1nc(N)c2nc(-c3cccc(I)c3)ccc21. The van der Waals surface area contributed by atoms with Crippen molar-refractivity contribution in [1.29, 1.82) is 0 Å². The van der Waals surface area contributed by atoms with Crippen molar-refractivity contribution >= 4 is 39.4 Å². The molecule has 2 aromatic heterocycles. The third-order valence-electron chi connectivity index (χ3n) is 2.84. The molecule has 0 bridgehead atoms. The van der Waals surface area contributed by atoms with E-state index in [1.54, 1.807) is 4.68 Å². The van der Waals surface area contributed by atoms with Crippen LogP contribution in [-0.2, 0) is 7.05 Å². The molecule has 3 aromatic rings. The number of halogens is 1. The topological polar surface area (TPSA) is 56.7 Å². The third kappa shape index (κ3) is 1.84. The van der Waals surface area contributed by atoms with Crippen LogP contribution >= 0.6 is 22.6 Å². The minimum Gasteiger partial charge on any atom is -0.380 e. The first kappa shape index (κ1) is 11.5. The molecular weight excluding hydrogens is 339 g/mol. The van der Waals surface area contributed by atoms with Crippen molar-refractivity contribution in [3.63, 3.8) is 0 Å². The molecule has 0 spiro atoms. The van der Waals surface area contributed by atoms with Gasteiger partial charge in [0.25, 0.3) is 0 Å². The highest BCUT2D eigenvalue weighted by Crippen LogP contribution is 2.24. The van der Waals surface area contributed by atoms with Crippen molar-refractivity contribution in [3.05, 3.63) is 40.0 Å². The van der Waals surface area contributed by atoms with Gasteiger partial charge in [0.15, 0.2) is 5.82 Å². The average molecular weight is 350 g/mol. The van der Waals surface area contributed by atoms with Gasteiger partial charge in [-0.05, 0) is 46.9 Å². The Morgan fingerprint density at radius 2 is 2.06 bits per heavy atom. The van der Waals surface area contributed by atoms with Gasteiger partial charge in [-0.1, -0.05) is 12.1 Å². The Kier molecular flexibility index (Phi) is 2.70. The predicted octanol–water partition coefficient (Wildman–Crippen LogP) is 2.82. The maximum absolute atomic E-state index is 5.86. The first-order valence-corrected chi connectivity index (χ1v) is 6.58. The van der Waals surface area contributed by atoms with Gasteiger partial charge in [-0.15, -0.1) is 0 Å². The number of benzene rings is 1. The summed E-state index contributed by atoms with van der Waals surface area (Å²) in [4.78, 5) is 4.60. The predicted molar refractivity (Wildman–Crippen MR) is 81.1 cm³/mol. The lowest BCUT2D eigenvalue weighted by Crippen LogP contribution is -1.91.